The number of amides is 3. The number of likely N-dealkylation sites (tertiary alicyclic amines) is 1. The van der Waals surface area contributed by atoms with E-state index in [2.05, 4.69) is 5.32 Å². The lowest BCUT2D eigenvalue weighted by atomic mass is 9.85. The summed E-state index contributed by atoms with van der Waals surface area (Å²) in [6.07, 6.45) is 4.71. The molecule has 3 amide bonds. The van der Waals surface area contributed by atoms with E-state index >= 15 is 0 Å². The van der Waals surface area contributed by atoms with Crippen molar-refractivity contribution < 1.29 is 28.7 Å². The number of allylic oxidation sites excluding steroid dienone is 2. The summed E-state index contributed by atoms with van der Waals surface area (Å²) in [5, 5.41) is 2.59. The van der Waals surface area contributed by atoms with Gasteiger partial charge in [-0.15, -0.1) is 0 Å². The average molecular weight is 398 g/mol. The van der Waals surface area contributed by atoms with Crippen molar-refractivity contribution in [3.05, 3.63) is 42.0 Å². The summed E-state index contributed by atoms with van der Waals surface area (Å²) >= 11 is 0. The van der Waals surface area contributed by atoms with Crippen LogP contribution in [0.2, 0.25) is 0 Å². The van der Waals surface area contributed by atoms with Crippen LogP contribution in [0, 0.1) is 11.8 Å². The maximum absolute atomic E-state index is 12.5. The van der Waals surface area contributed by atoms with E-state index in [9.17, 15) is 24.0 Å². The van der Waals surface area contributed by atoms with E-state index in [1.54, 1.807) is 12.1 Å². The van der Waals surface area contributed by atoms with Gasteiger partial charge in [0.15, 0.2) is 12.4 Å². The summed E-state index contributed by atoms with van der Waals surface area (Å²) in [7, 11) is 0. The van der Waals surface area contributed by atoms with Crippen molar-refractivity contribution in [3.8, 4) is 0 Å². The number of esters is 1. The van der Waals surface area contributed by atoms with E-state index < -0.39 is 36.2 Å². The number of carbonyl (C=O) groups excluding carboxylic acids is 5. The van der Waals surface area contributed by atoms with Gasteiger partial charge in [0, 0.05) is 18.2 Å². The predicted octanol–water partition coefficient (Wildman–Crippen LogP) is 1.71. The van der Waals surface area contributed by atoms with Crippen molar-refractivity contribution in [2.24, 2.45) is 11.8 Å². The first-order valence-electron chi connectivity index (χ1n) is 9.39. The number of nitrogens with one attached hydrogen (secondary N) is 1. The number of anilines is 1. The fourth-order valence-corrected chi connectivity index (χ4v) is 3.60. The van der Waals surface area contributed by atoms with Crippen LogP contribution < -0.4 is 5.32 Å². The van der Waals surface area contributed by atoms with Crippen LogP contribution in [0.5, 0.6) is 0 Å². The van der Waals surface area contributed by atoms with Gasteiger partial charge >= 0.3 is 5.97 Å². The SMILES string of the molecule is CC(=O)Nc1ccc(C(=O)COC(=O)[C@H](C)N2C(=O)[C@H]3CC=CC[C@H]3C2=O)cc1. The lowest BCUT2D eigenvalue weighted by molar-refractivity contribution is -0.157. The molecule has 0 aromatic heterocycles. The Labute approximate surface area is 167 Å². The number of hydrogen-bond donors (Lipinski definition) is 1. The van der Waals surface area contributed by atoms with Gasteiger partial charge in [0.1, 0.15) is 6.04 Å². The van der Waals surface area contributed by atoms with Gasteiger partial charge in [0.2, 0.25) is 17.7 Å². The second-order valence-corrected chi connectivity index (χ2v) is 7.17. The lowest BCUT2D eigenvalue weighted by Crippen LogP contribution is -2.44. The zero-order valence-electron chi connectivity index (χ0n) is 16.2. The lowest BCUT2D eigenvalue weighted by Gasteiger charge is -2.21. The molecule has 1 saturated heterocycles. The van der Waals surface area contributed by atoms with Crippen LogP contribution >= 0.6 is 0 Å². The Morgan fingerprint density at radius 2 is 1.62 bits per heavy atom. The second-order valence-electron chi connectivity index (χ2n) is 7.17. The summed E-state index contributed by atoms with van der Waals surface area (Å²) in [4.78, 5) is 61.6. The zero-order valence-corrected chi connectivity index (χ0v) is 16.2. The molecule has 152 valence electrons. The standard InChI is InChI=1S/C21H22N2O6/c1-12(23-19(26)16-5-3-4-6-17(16)20(23)27)21(28)29-11-18(25)14-7-9-15(10-8-14)22-13(2)24/h3-4,7-10,12,16-17H,5-6,11H2,1-2H3,(H,22,24)/t12-,16-,17+/m0/s1. The van der Waals surface area contributed by atoms with E-state index in [1.807, 2.05) is 12.2 Å². The third-order valence-corrected chi connectivity index (χ3v) is 5.14. The Kier molecular flexibility index (Phi) is 5.91. The fraction of sp³-hybridized carbons (Fsp3) is 0.381. The zero-order chi connectivity index (χ0) is 21.1. The second kappa shape index (κ2) is 8.38. The molecular formula is C21H22N2O6. The molecule has 2 aliphatic rings. The highest BCUT2D eigenvalue weighted by Crippen LogP contribution is 2.36. The number of hydrogen-bond acceptors (Lipinski definition) is 6. The molecule has 1 fully saturated rings. The maximum Gasteiger partial charge on any atom is 0.329 e. The quantitative estimate of drug-likeness (QED) is 0.338. The number of rotatable bonds is 6. The molecule has 0 saturated carbocycles. The molecule has 1 aliphatic heterocycles. The highest BCUT2D eigenvalue weighted by molar-refractivity contribution is 6.08. The van der Waals surface area contributed by atoms with Gasteiger partial charge < -0.3 is 10.1 Å². The van der Waals surface area contributed by atoms with Crippen molar-refractivity contribution in [1.29, 1.82) is 0 Å². The molecule has 1 aliphatic carbocycles. The Hall–Kier alpha value is -3.29. The van der Waals surface area contributed by atoms with Crippen LogP contribution in [-0.2, 0) is 23.9 Å². The van der Waals surface area contributed by atoms with E-state index in [1.165, 1.54) is 26.0 Å². The molecule has 0 spiro atoms. The van der Waals surface area contributed by atoms with Gasteiger partial charge in [0.05, 0.1) is 11.8 Å². The summed E-state index contributed by atoms with van der Waals surface area (Å²) in [6.45, 7) is 2.30. The molecule has 8 nitrogen and oxygen atoms in total. The van der Waals surface area contributed by atoms with Crippen molar-refractivity contribution in [3.63, 3.8) is 0 Å². The molecule has 3 atom stereocenters. The third kappa shape index (κ3) is 4.26. The summed E-state index contributed by atoms with van der Waals surface area (Å²) in [5.74, 6) is -3.05. The van der Waals surface area contributed by atoms with Gasteiger partial charge in [0.25, 0.3) is 0 Å². The molecule has 0 radical (unpaired) electrons. The van der Waals surface area contributed by atoms with Crippen molar-refractivity contribution >= 4 is 35.2 Å². The Morgan fingerprint density at radius 1 is 1.07 bits per heavy atom. The predicted molar refractivity (Wildman–Crippen MR) is 103 cm³/mol. The number of benzene rings is 1. The summed E-state index contributed by atoms with van der Waals surface area (Å²) < 4.78 is 5.06. The van der Waals surface area contributed by atoms with E-state index in [-0.39, 0.29) is 17.7 Å². The topological polar surface area (TPSA) is 110 Å². The van der Waals surface area contributed by atoms with Crippen LogP contribution in [0.3, 0.4) is 0 Å². The third-order valence-electron chi connectivity index (χ3n) is 5.14. The van der Waals surface area contributed by atoms with Gasteiger partial charge in [-0.3, -0.25) is 24.1 Å². The number of imide groups is 1. The molecule has 29 heavy (non-hydrogen) atoms. The van der Waals surface area contributed by atoms with Crippen LogP contribution in [-0.4, -0.2) is 47.0 Å². The van der Waals surface area contributed by atoms with Crippen molar-refractivity contribution in [2.75, 3.05) is 11.9 Å². The van der Waals surface area contributed by atoms with Crippen LogP contribution in [0.25, 0.3) is 0 Å². The number of carbonyl (C=O) groups is 5. The molecule has 1 heterocycles. The Balaban J connectivity index is 1.57. The number of ketones is 1. The minimum atomic E-state index is -1.09. The van der Waals surface area contributed by atoms with E-state index in [0.717, 1.165) is 4.90 Å². The molecule has 1 N–H and O–H groups in total. The highest BCUT2D eigenvalue weighted by atomic mass is 16.5. The summed E-state index contributed by atoms with van der Waals surface area (Å²) in [5.41, 5.74) is 0.853. The normalized spacial score (nSPS) is 21.5. The number of fused-ring (bicyclic) bond motifs is 1. The molecule has 0 bridgehead atoms. The minimum Gasteiger partial charge on any atom is -0.456 e. The highest BCUT2D eigenvalue weighted by Gasteiger charge is 2.50. The monoisotopic (exact) mass is 398 g/mol. The largest absolute Gasteiger partial charge is 0.456 e. The van der Waals surface area contributed by atoms with Crippen LogP contribution in [0.1, 0.15) is 37.0 Å². The van der Waals surface area contributed by atoms with Gasteiger partial charge in [-0.2, -0.15) is 0 Å². The van der Waals surface area contributed by atoms with Gasteiger partial charge in [-0.25, -0.2) is 4.79 Å². The first-order valence-corrected chi connectivity index (χ1v) is 9.39. The Morgan fingerprint density at radius 3 is 2.14 bits per heavy atom. The van der Waals surface area contributed by atoms with Crippen molar-refractivity contribution in [1.82, 2.24) is 4.90 Å². The smallest absolute Gasteiger partial charge is 0.329 e. The summed E-state index contributed by atoms with van der Waals surface area (Å²) in [6, 6.07) is 5.06. The molecule has 8 heteroatoms. The molecule has 0 unspecified atom stereocenters. The van der Waals surface area contributed by atoms with E-state index in [0.29, 0.717) is 24.1 Å². The first-order chi connectivity index (χ1) is 13.8. The maximum atomic E-state index is 12.5. The van der Waals surface area contributed by atoms with Crippen molar-refractivity contribution in [2.45, 2.75) is 32.7 Å². The van der Waals surface area contributed by atoms with Gasteiger partial charge in [-0.05, 0) is 44.0 Å². The van der Waals surface area contributed by atoms with Crippen LogP contribution in [0.15, 0.2) is 36.4 Å². The number of nitrogens with zero attached hydrogens (tertiary/aromatic N) is 1. The molecular weight excluding hydrogens is 376 g/mol. The van der Waals surface area contributed by atoms with Crippen LogP contribution in [0.4, 0.5) is 5.69 Å². The van der Waals surface area contributed by atoms with Gasteiger partial charge in [-0.1, -0.05) is 12.2 Å². The fourth-order valence-electron chi connectivity index (χ4n) is 3.60. The number of Topliss-reactive ketones (excluding diaryl/α,β-unsaturated/α-hetero) is 1. The molecule has 3 rings (SSSR count). The average Bonchev–Trinajstić information content (AvgIpc) is 2.96. The van der Waals surface area contributed by atoms with E-state index in [4.69, 9.17) is 4.74 Å². The minimum absolute atomic E-state index is 0.228. The molecule has 1 aromatic rings. The first kappa shape index (κ1) is 20.4. The molecule has 1 aromatic carbocycles. The number of ether oxygens (including phenoxy) is 1. The Bertz CT molecular complexity index is 863.